The van der Waals surface area contributed by atoms with Gasteiger partial charge >= 0.3 is 0 Å². The highest BCUT2D eigenvalue weighted by Gasteiger charge is 2.12. The molecular formula is C15H14ClNO4S. The Morgan fingerprint density at radius 1 is 1.05 bits per heavy atom. The van der Waals surface area contributed by atoms with Crippen molar-refractivity contribution in [3.8, 4) is 11.5 Å². The number of benzene rings is 2. The Labute approximate surface area is 134 Å². The van der Waals surface area contributed by atoms with Crippen molar-refractivity contribution in [3.63, 3.8) is 0 Å². The van der Waals surface area contributed by atoms with E-state index in [1.165, 1.54) is 44.7 Å². The molecule has 0 bridgehead atoms. The fourth-order valence-corrected chi connectivity index (χ4v) is 2.70. The number of halogens is 1. The molecule has 0 saturated carbocycles. The van der Waals surface area contributed by atoms with Gasteiger partial charge in [0.15, 0.2) is 0 Å². The van der Waals surface area contributed by atoms with Crippen LogP contribution in [0.25, 0.3) is 0 Å². The third kappa shape index (κ3) is 3.78. The summed E-state index contributed by atoms with van der Waals surface area (Å²) in [5.41, 5.74) is 0.529. The molecule has 2 aromatic rings. The zero-order valence-electron chi connectivity index (χ0n) is 12.0. The van der Waals surface area contributed by atoms with E-state index >= 15 is 0 Å². The largest absolute Gasteiger partial charge is 0.497 e. The van der Waals surface area contributed by atoms with Crippen LogP contribution < -0.4 is 9.47 Å². The summed E-state index contributed by atoms with van der Waals surface area (Å²) in [6.07, 6.45) is 1.24. The van der Waals surface area contributed by atoms with Gasteiger partial charge in [-0.2, -0.15) is 12.8 Å². The monoisotopic (exact) mass is 339 g/mol. The molecule has 0 fully saturated rings. The zero-order chi connectivity index (χ0) is 16.2. The van der Waals surface area contributed by atoms with Gasteiger partial charge in [-0.15, -0.1) is 0 Å². The van der Waals surface area contributed by atoms with Crippen LogP contribution in [0.15, 0.2) is 51.8 Å². The number of sulfonamides is 1. The van der Waals surface area contributed by atoms with Gasteiger partial charge in [0.1, 0.15) is 11.5 Å². The van der Waals surface area contributed by atoms with Crippen LogP contribution in [0.1, 0.15) is 5.56 Å². The second-order valence-electron chi connectivity index (χ2n) is 4.27. The molecule has 2 aromatic carbocycles. The molecule has 0 aliphatic rings. The molecule has 0 unspecified atom stereocenters. The summed E-state index contributed by atoms with van der Waals surface area (Å²) in [7, 11) is -0.771. The van der Waals surface area contributed by atoms with Crippen molar-refractivity contribution < 1.29 is 17.9 Å². The minimum Gasteiger partial charge on any atom is -0.497 e. The van der Waals surface area contributed by atoms with Crippen LogP contribution in [-0.2, 0) is 10.0 Å². The van der Waals surface area contributed by atoms with Crippen molar-refractivity contribution in [3.05, 3.63) is 53.1 Å². The molecule has 0 amide bonds. The number of rotatable bonds is 5. The van der Waals surface area contributed by atoms with Crippen molar-refractivity contribution >= 4 is 27.8 Å². The van der Waals surface area contributed by atoms with E-state index in [-0.39, 0.29) is 4.90 Å². The average Bonchev–Trinajstić information content (AvgIpc) is 2.53. The predicted molar refractivity (Wildman–Crippen MR) is 85.8 cm³/mol. The van der Waals surface area contributed by atoms with Crippen LogP contribution in [0.2, 0.25) is 5.02 Å². The molecule has 0 aliphatic heterocycles. The molecular weight excluding hydrogens is 326 g/mol. The maximum atomic E-state index is 12.1. The molecule has 7 heteroatoms. The Balaban J connectivity index is 2.33. The van der Waals surface area contributed by atoms with E-state index in [1.807, 2.05) is 0 Å². The van der Waals surface area contributed by atoms with Crippen molar-refractivity contribution in [1.82, 2.24) is 0 Å². The highest BCUT2D eigenvalue weighted by atomic mass is 35.5. The van der Waals surface area contributed by atoms with Crippen molar-refractivity contribution in [1.29, 1.82) is 0 Å². The third-order valence-corrected chi connectivity index (χ3v) is 4.39. The maximum Gasteiger partial charge on any atom is 0.282 e. The Hall–Kier alpha value is -2.05. The molecule has 0 saturated heterocycles. The Kier molecular flexibility index (Phi) is 5.05. The van der Waals surface area contributed by atoms with Crippen LogP contribution in [0.5, 0.6) is 11.5 Å². The van der Waals surface area contributed by atoms with Crippen LogP contribution in [0, 0.1) is 0 Å². The van der Waals surface area contributed by atoms with Crippen molar-refractivity contribution in [2.24, 2.45) is 4.40 Å². The SMILES string of the molecule is COc1ccc(C=NS(=O)(=O)c2ccc(Cl)cc2)c(OC)c1. The van der Waals surface area contributed by atoms with E-state index in [4.69, 9.17) is 21.1 Å². The molecule has 116 valence electrons. The number of hydrogen-bond acceptors (Lipinski definition) is 4. The number of hydrogen-bond donors (Lipinski definition) is 0. The average molecular weight is 340 g/mol. The molecule has 22 heavy (non-hydrogen) atoms. The minimum absolute atomic E-state index is 0.0700. The summed E-state index contributed by atoms with van der Waals surface area (Å²) in [5.74, 6) is 1.07. The molecule has 0 N–H and O–H groups in total. The fourth-order valence-electron chi connectivity index (χ4n) is 1.72. The van der Waals surface area contributed by atoms with Gasteiger partial charge in [0.25, 0.3) is 10.0 Å². The van der Waals surface area contributed by atoms with Crippen molar-refractivity contribution in [2.45, 2.75) is 4.90 Å². The number of methoxy groups -OCH3 is 2. The topological polar surface area (TPSA) is 65.0 Å². The van der Waals surface area contributed by atoms with Crippen LogP contribution in [-0.4, -0.2) is 28.9 Å². The lowest BCUT2D eigenvalue weighted by atomic mass is 10.2. The van der Waals surface area contributed by atoms with Gasteiger partial charge in [0.2, 0.25) is 0 Å². The van der Waals surface area contributed by atoms with E-state index in [0.717, 1.165) is 0 Å². The first-order valence-corrected chi connectivity index (χ1v) is 8.06. The lowest BCUT2D eigenvalue weighted by Crippen LogP contribution is -1.99. The summed E-state index contributed by atoms with van der Waals surface area (Å²) in [6.45, 7) is 0. The smallest absolute Gasteiger partial charge is 0.282 e. The van der Waals surface area contributed by atoms with Gasteiger partial charge in [0, 0.05) is 16.7 Å². The summed E-state index contributed by atoms with van der Waals surface area (Å²) >= 11 is 5.74. The quantitative estimate of drug-likeness (QED) is 0.785. The second kappa shape index (κ2) is 6.81. The predicted octanol–water partition coefficient (Wildman–Crippen LogP) is 3.17. The Morgan fingerprint density at radius 2 is 1.73 bits per heavy atom. The normalized spacial score (nSPS) is 11.6. The van der Waals surface area contributed by atoms with Gasteiger partial charge in [-0.3, -0.25) is 0 Å². The summed E-state index contributed by atoms with van der Waals surface area (Å²) in [5, 5.41) is 0.458. The second-order valence-corrected chi connectivity index (χ2v) is 6.34. The molecule has 0 radical (unpaired) electrons. The van der Waals surface area contributed by atoms with E-state index < -0.39 is 10.0 Å². The fraction of sp³-hybridized carbons (Fsp3) is 0.133. The number of nitrogens with zero attached hydrogens (tertiary/aromatic N) is 1. The summed E-state index contributed by atoms with van der Waals surface area (Å²) < 4.78 is 38.2. The van der Waals surface area contributed by atoms with E-state index in [0.29, 0.717) is 22.1 Å². The highest BCUT2D eigenvalue weighted by Crippen LogP contribution is 2.24. The first kappa shape index (κ1) is 16.3. The molecule has 0 heterocycles. The third-order valence-electron chi connectivity index (χ3n) is 2.88. The Bertz CT molecular complexity index is 786. The zero-order valence-corrected chi connectivity index (χ0v) is 13.6. The lowest BCUT2D eigenvalue weighted by Gasteiger charge is -2.06. The highest BCUT2D eigenvalue weighted by molar-refractivity contribution is 7.90. The van der Waals surface area contributed by atoms with E-state index in [2.05, 4.69) is 4.40 Å². The first-order valence-electron chi connectivity index (χ1n) is 6.24. The van der Waals surface area contributed by atoms with Crippen LogP contribution >= 0.6 is 11.6 Å². The van der Waals surface area contributed by atoms with Gasteiger partial charge in [-0.1, -0.05) is 11.6 Å². The lowest BCUT2D eigenvalue weighted by molar-refractivity contribution is 0.394. The van der Waals surface area contributed by atoms with Crippen LogP contribution in [0.4, 0.5) is 0 Å². The molecule has 5 nitrogen and oxygen atoms in total. The molecule has 2 rings (SSSR count). The van der Waals surface area contributed by atoms with Gasteiger partial charge < -0.3 is 9.47 Å². The Morgan fingerprint density at radius 3 is 2.32 bits per heavy atom. The van der Waals surface area contributed by atoms with E-state index in [1.54, 1.807) is 18.2 Å². The summed E-state index contributed by atoms with van der Waals surface area (Å²) in [6, 6.07) is 10.8. The summed E-state index contributed by atoms with van der Waals surface area (Å²) in [4.78, 5) is 0.0700. The molecule has 0 atom stereocenters. The first-order chi connectivity index (χ1) is 10.5. The van der Waals surface area contributed by atoms with Crippen molar-refractivity contribution in [2.75, 3.05) is 14.2 Å². The molecule has 0 spiro atoms. The van der Waals surface area contributed by atoms with Gasteiger partial charge in [-0.05, 0) is 36.4 Å². The maximum absolute atomic E-state index is 12.1. The molecule has 0 aromatic heterocycles. The van der Waals surface area contributed by atoms with Gasteiger partial charge in [-0.25, -0.2) is 0 Å². The van der Waals surface area contributed by atoms with Gasteiger partial charge in [0.05, 0.1) is 25.3 Å². The standard InChI is InChI=1S/C15H14ClNO4S/c1-20-13-6-3-11(15(9-13)21-2)10-17-22(18,19)14-7-4-12(16)5-8-14/h3-10H,1-2H3. The molecule has 0 aliphatic carbocycles. The number of ether oxygens (including phenoxy) is 2. The van der Waals surface area contributed by atoms with Crippen LogP contribution in [0.3, 0.4) is 0 Å². The minimum atomic E-state index is -3.79. The van der Waals surface area contributed by atoms with E-state index in [9.17, 15) is 8.42 Å².